The highest BCUT2D eigenvalue weighted by molar-refractivity contribution is 7.85. The van der Waals surface area contributed by atoms with Gasteiger partial charge < -0.3 is 34.3 Å². The van der Waals surface area contributed by atoms with Crippen molar-refractivity contribution in [3.63, 3.8) is 0 Å². The standard InChI is InChI=1S/C45H76O12S/c1-3-5-7-9-11-13-15-17-18-19-20-22-23-25-27-29-31-33-40(46)54-35-38(36-55-45-44(50)43(49)42(48)39(57-45)37-58(51,52)53)56-41(47)34-32-30-28-26-24-21-16-14-12-10-8-6-4-2/h5,7,11,13,17-18,20,22,25,27,38-39,42-45,48-50H,3-4,6,8-10,12,14-16,19,21,23-24,26,28-37H2,1-2H3,(H,51,52,53)/b7-5-,13-11-,18-17-,22-20-,27-25-/t38-,39+,42+,43-,44+,45-/m0/s1. The lowest BCUT2D eigenvalue weighted by Crippen LogP contribution is -2.60. The normalized spacial score (nSPS) is 21.0. The van der Waals surface area contributed by atoms with Crippen molar-refractivity contribution in [2.24, 2.45) is 0 Å². The Kier molecular flexibility index (Phi) is 32.3. The Bertz CT molecular complexity index is 1310. The predicted octanol–water partition coefficient (Wildman–Crippen LogP) is 8.56. The van der Waals surface area contributed by atoms with Crippen LogP contribution >= 0.6 is 0 Å². The molecule has 0 unspecified atom stereocenters. The van der Waals surface area contributed by atoms with Gasteiger partial charge in [-0.15, -0.1) is 0 Å². The summed E-state index contributed by atoms with van der Waals surface area (Å²) in [6, 6.07) is 0. The molecular formula is C45H76O12S. The molecule has 1 rings (SSSR count). The average molecular weight is 841 g/mol. The SMILES string of the molecule is CC/C=C\C/C=C\C/C=C\C/C=C\C/C=C\CCCC(=O)OC[C@@H](CO[C@H]1O[C@H](CS(=O)(=O)O)[C@@H](O)[C@H](O)[C@H]1O)OC(=O)CCCCCCCCCCCCCCC. The molecular weight excluding hydrogens is 765 g/mol. The molecule has 0 spiro atoms. The Balaban J connectivity index is 2.51. The molecule has 1 aliphatic rings. The van der Waals surface area contributed by atoms with Crippen molar-refractivity contribution in [3.05, 3.63) is 60.8 Å². The first kappa shape index (κ1) is 53.4. The lowest BCUT2D eigenvalue weighted by Gasteiger charge is -2.40. The summed E-state index contributed by atoms with van der Waals surface area (Å²) in [4.78, 5) is 25.3. The highest BCUT2D eigenvalue weighted by Crippen LogP contribution is 2.24. The minimum absolute atomic E-state index is 0.140. The number of esters is 2. The van der Waals surface area contributed by atoms with Crippen LogP contribution in [0.2, 0.25) is 0 Å². The van der Waals surface area contributed by atoms with E-state index < -0.39 is 71.2 Å². The van der Waals surface area contributed by atoms with Gasteiger partial charge in [0.15, 0.2) is 12.4 Å². The summed E-state index contributed by atoms with van der Waals surface area (Å²) in [6.07, 6.45) is 32.7. The van der Waals surface area contributed by atoms with E-state index in [4.69, 9.17) is 18.9 Å². The fourth-order valence-electron chi connectivity index (χ4n) is 6.24. The summed E-state index contributed by atoms with van der Waals surface area (Å²) >= 11 is 0. The Morgan fingerprint density at radius 1 is 0.603 bits per heavy atom. The molecule has 0 radical (unpaired) electrons. The molecule has 1 fully saturated rings. The van der Waals surface area contributed by atoms with Gasteiger partial charge in [0.2, 0.25) is 0 Å². The predicted molar refractivity (Wildman–Crippen MR) is 229 cm³/mol. The fraction of sp³-hybridized carbons (Fsp3) is 0.733. The van der Waals surface area contributed by atoms with Crippen LogP contribution in [0.5, 0.6) is 0 Å². The van der Waals surface area contributed by atoms with Gasteiger partial charge in [-0.3, -0.25) is 14.1 Å². The summed E-state index contributed by atoms with van der Waals surface area (Å²) < 4.78 is 53.9. The number of hydrogen-bond acceptors (Lipinski definition) is 11. The maximum Gasteiger partial charge on any atom is 0.306 e. The van der Waals surface area contributed by atoms with E-state index >= 15 is 0 Å². The molecule has 0 bridgehead atoms. The van der Waals surface area contributed by atoms with E-state index in [2.05, 4.69) is 62.5 Å². The van der Waals surface area contributed by atoms with E-state index in [1.54, 1.807) is 0 Å². The number of ether oxygens (including phenoxy) is 4. The monoisotopic (exact) mass is 841 g/mol. The largest absolute Gasteiger partial charge is 0.462 e. The number of hydrogen-bond donors (Lipinski definition) is 4. The third-order valence-electron chi connectivity index (χ3n) is 9.61. The summed E-state index contributed by atoms with van der Waals surface area (Å²) in [7, 11) is -4.61. The van der Waals surface area contributed by atoms with Crippen LogP contribution in [-0.2, 0) is 38.7 Å². The first-order chi connectivity index (χ1) is 28.0. The average Bonchev–Trinajstić information content (AvgIpc) is 3.18. The molecule has 334 valence electrons. The van der Waals surface area contributed by atoms with Crippen LogP contribution in [0.4, 0.5) is 0 Å². The highest BCUT2D eigenvalue weighted by Gasteiger charge is 2.46. The van der Waals surface area contributed by atoms with E-state index in [0.717, 1.165) is 51.4 Å². The zero-order chi connectivity index (χ0) is 42.7. The van der Waals surface area contributed by atoms with Gasteiger partial charge in [0.25, 0.3) is 10.1 Å². The zero-order valence-corrected chi connectivity index (χ0v) is 36.2. The van der Waals surface area contributed by atoms with Crippen LogP contribution in [-0.4, -0.2) is 96.0 Å². The van der Waals surface area contributed by atoms with Crippen LogP contribution < -0.4 is 0 Å². The Morgan fingerprint density at radius 3 is 1.60 bits per heavy atom. The molecule has 0 aromatic heterocycles. The third kappa shape index (κ3) is 29.5. The van der Waals surface area contributed by atoms with Gasteiger partial charge in [0.1, 0.15) is 36.8 Å². The Hall–Kier alpha value is -2.65. The molecule has 0 aromatic carbocycles. The maximum atomic E-state index is 12.8. The summed E-state index contributed by atoms with van der Waals surface area (Å²) in [5.74, 6) is -2.06. The summed E-state index contributed by atoms with van der Waals surface area (Å²) in [5.41, 5.74) is 0. The van der Waals surface area contributed by atoms with Crippen molar-refractivity contribution in [3.8, 4) is 0 Å². The van der Waals surface area contributed by atoms with Crippen molar-refractivity contribution in [2.45, 2.75) is 192 Å². The second-order valence-electron chi connectivity index (χ2n) is 15.0. The molecule has 0 amide bonds. The molecule has 4 N–H and O–H groups in total. The number of allylic oxidation sites excluding steroid dienone is 10. The molecule has 58 heavy (non-hydrogen) atoms. The molecule has 0 aliphatic carbocycles. The van der Waals surface area contributed by atoms with Crippen molar-refractivity contribution < 1.29 is 56.8 Å². The first-order valence-electron chi connectivity index (χ1n) is 21.8. The van der Waals surface area contributed by atoms with Gasteiger partial charge in [0.05, 0.1) is 6.61 Å². The number of rotatable bonds is 35. The first-order valence-corrected chi connectivity index (χ1v) is 23.5. The molecule has 1 heterocycles. The van der Waals surface area contributed by atoms with Gasteiger partial charge in [-0.05, 0) is 51.4 Å². The number of carbonyl (C=O) groups excluding carboxylic acids is 2. The minimum atomic E-state index is -4.61. The number of carbonyl (C=O) groups is 2. The highest BCUT2D eigenvalue weighted by atomic mass is 32.2. The second kappa shape index (κ2) is 35.1. The molecule has 13 heteroatoms. The molecule has 12 nitrogen and oxygen atoms in total. The summed E-state index contributed by atoms with van der Waals surface area (Å²) in [5, 5.41) is 30.8. The van der Waals surface area contributed by atoms with Crippen LogP contribution in [0.3, 0.4) is 0 Å². The van der Waals surface area contributed by atoms with Crippen LogP contribution in [0.1, 0.15) is 155 Å². The molecule has 0 aromatic rings. The zero-order valence-electron chi connectivity index (χ0n) is 35.4. The van der Waals surface area contributed by atoms with Crippen LogP contribution in [0.15, 0.2) is 60.8 Å². The van der Waals surface area contributed by atoms with Crippen LogP contribution in [0.25, 0.3) is 0 Å². The minimum Gasteiger partial charge on any atom is -0.462 e. The van der Waals surface area contributed by atoms with E-state index in [1.807, 2.05) is 12.2 Å². The van der Waals surface area contributed by atoms with Gasteiger partial charge in [-0.25, -0.2) is 0 Å². The Morgan fingerprint density at radius 2 is 1.09 bits per heavy atom. The van der Waals surface area contributed by atoms with Crippen molar-refractivity contribution in [1.29, 1.82) is 0 Å². The molecule has 0 saturated carbocycles. The van der Waals surface area contributed by atoms with Crippen molar-refractivity contribution >= 4 is 22.1 Å². The van der Waals surface area contributed by atoms with Crippen molar-refractivity contribution in [2.75, 3.05) is 19.0 Å². The quantitative estimate of drug-likeness (QED) is 0.0207. The molecule has 6 atom stereocenters. The van der Waals surface area contributed by atoms with Gasteiger partial charge >= 0.3 is 11.9 Å². The van der Waals surface area contributed by atoms with Gasteiger partial charge in [-0.2, -0.15) is 8.42 Å². The number of aliphatic hydroxyl groups excluding tert-OH is 3. The van der Waals surface area contributed by atoms with E-state index in [0.29, 0.717) is 19.3 Å². The number of aliphatic hydroxyl groups is 3. The van der Waals surface area contributed by atoms with E-state index in [-0.39, 0.29) is 19.4 Å². The van der Waals surface area contributed by atoms with E-state index in [1.165, 1.54) is 57.8 Å². The third-order valence-corrected chi connectivity index (χ3v) is 10.4. The smallest absolute Gasteiger partial charge is 0.306 e. The maximum absolute atomic E-state index is 12.8. The second-order valence-corrected chi connectivity index (χ2v) is 16.5. The van der Waals surface area contributed by atoms with Crippen LogP contribution in [0, 0.1) is 0 Å². The van der Waals surface area contributed by atoms with Crippen molar-refractivity contribution in [1.82, 2.24) is 0 Å². The Labute approximate surface area is 349 Å². The molecule has 1 saturated heterocycles. The number of unbranched alkanes of at least 4 members (excludes halogenated alkanes) is 13. The van der Waals surface area contributed by atoms with Gasteiger partial charge in [0, 0.05) is 12.8 Å². The fourth-order valence-corrected chi connectivity index (χ4v) is 6.93. The lowest BCUT2D eigenvalue weighted by molar-refractivity contribution is -0.297. The van der Waals surface area contributed by atoms with Gasteiger partial charge in [-0.1, -0.05) is 152 Å². The summed E-state index contributed by atoms with van der Waals surface area (Å²) in [6.45, 7) is 3.58. The molecule has 1 aliphatic heterocycles. The van der Waals surface area contributed by atoms with E-state index in [9.17, 15) is 37.9 Å². The topological polar surface area (TPSA) is 186 Å². The lowest BCUT2D eigenvalue weighted by atomic mass is 10.00.